The van der Waals surface area contributed by atoms with Crippen LogP contribution in [0.1, 0.15) is 16.7 Å². The zero-order chi connectivity index (χ0) is 24.1. The normalized spacial score (nSPS) is 13.0. The molecular formula is C22H23N3O5S3. The van der Waals surface area contributed by atoms with Gasteiger partial charge in [-0.3, -0.25) is 4.18 Å². The molecule has 1 aromatic heterocycles. The molecule has 0 saturated heterocycles. The van der Waals surface area contributed by atoms with Crippen LogP contribution in [0.5, 0.6) is 0 Å². The van der Waals surface area contributed by atoms with Crippen LogP contribution in [0, 0.1) is 11.3 Å². The van der Waals surface area contributed by atoms with Gasteiger partial charge in [0.1, 0.15) is 4.21 Å². The number of hydrogen-bond donors (Lipinski definition) is 1. The average Bonchev–Trinajstić information content (AvgIpc) is 3.32. The van der Waals surface area contributed by atoms with Crippen molar-refractivity contribution in [2.75, 3.05) is 18.6 Å². The highest BCUT2D eigenvalue weighted by Gasteiger charge is 2.34. The lowest BCUT2D eigenvalue weighted by molar-refractivity contribution is 0.204. The molecule has 0 amide bonds. The second kappa shape index (κ2) is 10.5. The van der Waals surface area contributed by atoms with Crippen LogP contribution in [0.2, 0.25) is 0 Å². The molecule has 174 valence electrons. The van der Waals surface area contributed by atoms with Gasteiger partial charge in [-0.2, -0.15) is 18.0 Å². The van der Waals surface area contributed by atoms with E-state index in [0.717, 1.165) is 23.2 Å². The summed E-state index contributed by atoms with van der Waals surface area (Å²) >= 11 is 1.06. The molecule has 0 saturated carbocycles. The highest BCUT2D eigenvalue weighted by molar-refractivity contribution is 7.91. The Morgan fingerprint density at radius 3 is 2.42 bits per heavy atom. The fraction of sp³-hybridized carbons (Fsp3) is 0.227. The number of anilines is 1. The van der Waals surface area contributed by atoms with E-state index in [1.165, 1.54) is 16.4 Å². The lowest BCUT2D eigenvalue weighted by Gasteiger charge is -2.31. The highest BCUT2D eigenvalue weighted by Crippen LogP contribution is 2.28. The van der Waals surface area contributed by atoms with Gasteiger partial charge in [0, 0.05) is 12.2 Å². The van der Waals surface area contributed by atoms with Crippen LogP contribution in [0.4, 0.5) is 5.69 Å². The maximum Gasteiger partial charge on any atom is 0.264 e. The van der Waals surface area contributed by atoms with E-state index in [1.54, 1.807) is 23.6 Å². The van der Waals surface area contributed by atoms with Gasteiger partial charge in [0.2, 0.25) is 0 Å². The third kappa shape index (κ3) is 6.63. The van der Waals surface area contributed by atoms with Gasteiger partial charge >= 0.3 is 0 Å². The summed E-state index contributed by atoms with van der Waals surface area (Å²) in [6.45, 7) is -0.539. The average molecular weight is 506 g/mol. The molecule has 8 nitrogen and oxygen atoms in total. The minimum absolute atomic E-state index is 0.106. The highest BCUT2D eigenvalue weighted by atomic mass is 32.2. The number of rotatable bonds is 10. The Bertz CT molecular complexity index is 1330. The monoisotopic (exact) mass is 505 g/mol. The van der Waals surface area contributed by atoms with Crippen molar-refractivity contribution in [1.82, 2.24) is 4.31 Å². The summed E-state index contributed by atoms with van der Waals surface area (Å²) in [6.07, 6.45) is 1.12. The second-order valence-electron chi connectivity index (χ2n) is 7.34. The molecule has 0 fully saturated rings. The molecule has 2 aromatic carbocycles. The first-order valence-corrected chi connectivity index (χ1v) is 14.0. The van der Waals surface area contributed by atoms with Crippen LogP contribution in [0.25, 0.3) is 0 Å². The number of nitrogens with zero attached hydrogens (tertiary/aromatic N) is 2. The molecule has 11 heteroatoms. The summed E-state index contributed by atoms with van der Waals surface area (Å²) in [5.41, 5.74) is 8.00. The van der Waals surface area contributed by atoms with Gasteiger partial charge in [-0.05, 0) is 47.2 Å². The number of nitriles is 1. The third-order valence-electron chi connectivity index (χ3n) is 4.85. The predicted octanol–water partition coefficient (Wildman–Crippen LogP) is 2.98. The molecule has 3 rings (SSSR count). The lowest BCUT2D eigenvalue weighted by atomic mass is 10.1. The van der Waals surface area contributed by atoms with Gasteiger partial charge in [-0.25, -0.2) is 8.42 Å². The minimum Gasteiger partial charge on any atom is -0.398 e. The van der Waals surface area contributed by atoms with Crippen LogP contribution in [0.15, 0.2) is 70.3 Å². The predicted molar refractivity (Wildman–Crippen MR) is 127 cm³/mol. The Labute approximate surface area is 198 Å². The maximum atomic E-state index is 13.6. The van der Waals surface area contributed by atoms with E-state index in [1.807, 2.05) is 36.4 Å². The Hall–Kier alpha value is -2.75. The van der Waals surface area contributed by atoms with Crippen molar-refractivity contribution in [3.8, 4) is 6.07 Å². The minimum atomic E-state index is -4.04. The van der Waals surface area contributed by atoms with E-state index in [0.29, 0.717) is 16.8 Å². The van der Waals surface area contributed by atoms with Crippen LogP contribution in [-0.2, 0) is 37.3 Å². The fourth-order valence-electron chi connectivity index (χ4n) is 3.25. The Balaban J connectivity index is 2.09. The quantitative estimate of drug-likeness (QED) is 0.331. The van der Waals surface area contributed by atoms with Gasteiger partial charge in [-0.1, -0.05) is 36.4 Å². The molecule has 1 atom stereocenters. The van der Waals surface area contributed by atoms with E-state index in [-0.39, 0.29) is 23.8 Å². The number of nitrogens with two attached hydrogens (primary N) is 1. The first kappa shape index (κ1) is 24.9. The number of nitrogen functional groups attached to an aromatic ring is 1. The molecule has 0 aliphatic heterocycles. The van der Waals surface area contributed by atoms with Gasteiger partial charge < -0.3 is 5.73 Å². The molecule has 0 spiro atoms. The first-order chi connectivity index (χ1) is 15.6. The summed E-state index contributed by atoms with van der Waals surface area (Å²) < 4.78 is 57.1. The lowest BCUT2D eigenvalue weighted by Crippen LogP contribution is -2.44. The van der Waals surface area contributed by atoms with Gasteiger partial charge in [0.25, 0.3) is 20.1 Å². The summed E-state index contributed by atoms with van der Waals surface area (Å²) in [7, 11) is -7.86. The number of sulfonamides is 1. The number of hydrogen-bond acceptors (Lipinski definition) is 8. The summed E-state index contributed by atoms with van der Waals surface area (Å²) in [5, 5.41) is 10.9. The molecule has 0 aliphatic rings. The maximum absolute atomic E-state index is 13.6. The van der Waals surface area contributed by atoms with E-state index in [9.17, 15) is 22.1 Å². The first-order valence-electron chi connectivity index (χ1n) is 9.82. The van der Waals surface area contributed by atoms with Crippen LogP contribution >= 0.6 is 11.3 Å². The van der Waals surface area contributed by atoms with Crippen molar-refractivity contribution in [3.63, 3.8) is 0 Å². The molecule has 0 unspecified atom stereocenters. The Morgan fingerprint density at radius 1 is 1.09 bits per heavy atom. The SMILES string of the molecule is CS(=O)(=O)OC[C@@H](Cc1ccccc1)N(Cc1cc(C#N)ccc1N)S(=O)(=O)c1cccs1. The van der Waals surface area contributed by atoms with Crippen LogP contribution in [0.3, 0.4) is 0 Å². The van der Waals surface area contributed by atoms with Crippen molar-refractivity contribution in [1.29, 1.82) is 5.26 Å². The summed E-state index contributed by atoms with van der Waals surface area (Å²) in [6, 6.07) is 18.0. The molecule has 3 aromatic rings. The summed E-state index contributed by atoms with van der Waals surface area (Å²) in [5.74, 6) is 0. The largest absolute Gasteiger partial charge is 0.398 e. The van der Waals surface area contributed by atoms with E-state index < -0.39 is 26.2 Å². The van der Waals surface area contributed by atoms with Crippen LogP contribution < -0.4 is 5.73 Å². The second-order valence-corrected chi connectivity index (χ2v) is 12.0. The molecule has 0 aliphatic carbocycles. The van der Waals surface area contributed by atoms with Crippen molar-refractivity contribution < 1.29 is 21.0 Å². The zero-order valence-electron chi connectivity index (χ0n) is 17.8. The van der Waals surface area contributed by atoms with Crippen molar-refractivity contribution >= 4 is 37.2 Å². The van der Waals surface area contributed by atoms with E-state index in [4.69, 9.17) is 9.92 Å². The Kier molecular flexibility index (Phi) is 7.88. The molecule has 1 heterocycles. The van der Waals surface area contributed by atoms with Gasteiger partial charge in [0.15, 0.2) is 0 Å². The van der Waals surface area contributed by atoms with Gasteiger partial charge in [0.05, 0.1) is 30.5 Å². The van der Waals surface area contributed by atoms with Crippen LogP contribution in [-0.4, -0.2) is 40.0 Å². The number of benzene rings is 2. The van der Waals surface area contributed by atoms with Crippen molar-refractivity contribution in [3.05, 3.63) is 82.7 Å². The van der Waals surface area contributed by atoms with E-state index in [2.05, 4.69) is 0 Å². The Morgan fingerprint density at radius 2 is 1.82 bits per heavy atom. The van der Waals surface area contributed by atoms with E-state index >= 15 is 0 Å². The molecule has 2 N–H and O–H groups in total. The number of thiophene rings is 1. The molecule has 33 heavy (non-hydrogen) atoms. The smallest absolute Gasteiger partial charge is 0.264 e. The van der Waals surface area contributed by atoms with Gasteiger partial charge in [-0.15, -0.1) is 11.3 Å². The molecular weight excluding hydrogens is 482 g/mol. The van der Waals surface area contributed by atoms with Crippen molar-refractivity contribution in [2.24, 2.45) is 0 Å². The topological polar surface area (TPSA) is 131 Å². The zero-order valence-corrected chi connectivity index (χ0v) is 20.2. The molecule has 0 radical (unpaired) electrons. The molecule has 0 bridgehead atoms. The fourth-order valence-corrected chi connectivity index (χ4v) is 6.36. The standard InChI is InChI=1S/C22H23N3O5S3/c1-32(26,27)30-16-20(13-17-6-3-2-4-7-17)25(33(28,29)22-8-5-11-31-22)15-19-12-18(14-23)9-10-21(19)24/h2-12,20H,13,15-16,24H2,1H3/t20-/m1/s1. The van der Waals surface area contributed by atoms with Crippen molar-refractivity contribution in [2.45, 2.75) is 23.2 Å². The third-order valence-corrected chi connectivity index (χ3v) is 8.69. The summed E-state index contributed by atoms with van der Waals surface area (Å²) in [4.78, 5) is 0.